The van der Waals surface area contributed by atoms with Crippen molar-refractivity contribution in [1.82, 2.24) is 4.90 Å². The molecule has 1 saturated heterocycles. The van der Waals surface area contributed by atoms with Gasteiger partial charge < -0.3 is 14.9 Å². The zero-order valence-electron chi connectivity index (χ0n) is 14.4. The van der Waals surface area contributed by atoms with Gasteiger partial charge >= 0.3 is 0 Å². The highest BCUT2D eigenvalue weighted by atomic mass is 35.5. The summed E-state index contributed by atoms with van der Waals surface area (Å²) in [5, 5.41) is 10.5. The zero-order valence-corrected chi connectivity index (χ0v) is 15.1. The number of phenolic OH excluding ortho intramolecular Hbond substituents is 1. The molecule has 0 saturated carbocycles. The van der Waals surface area contributed by atoms with E-state index in [1.165, 1.54) is 0 Å². The highest BCUT2D eigenvalue weighted by Crippen LogP contribution is 2.32. The van der Waals surface area contributed by atoms with Crippen molar-refractivity contribution in [2.75, 3.05) is 32.1 Å². The first-order valence-corrected chi connectivity index (χ1v) is 8.35. The summed E-state index contributed by atoms with van der Waals surface area (Å²) in [5.41, 5.74) is 0.865. The van der Waals surface area contributed by atoms with Gasteiger partial charge in [-0.15, -0.1) is 0 Å². The normalized spacial score (nSPS) is 15.4. The molecule has 0 amide bonds. The summed E-state index contributed by atoms with van der Waals surface area (Å²) in [7, 11) is 4.19. The van der Waals surface area contributed by atoms with E-state index in [1.54, 1.807) is 6.07 Å². The van der Waals surface area contributed by atoms with Crippen molar-refractivity contribution in [3.8, 4) is 5.75 Å². The van der Waals surface area contributed by atoms with E-state index >= 15 is 0 Å². The molecule has 4 heteroatoms. The third kappa shape index (κ3) is 6.15. The van der Waals surface area contributed by atoms with Crippen LogP contribution in [-0.4, -0.2) is 43.2 Å². The van der Waals surface area contributed by atoms with E-state index < -0.39 is 0 Å². The minimum atomic E-state index is 0.263. The van der Waals surface area contributed by atoms with Gasteiger partial charge in [0.2, 0.25) is 0 Å². The summed E-state index contributed by atoms with van der Waals surface area (Å²) in [6, 6.07) is 5.80. The van der Waals surface area contributed by atoms with Crippen LogP contribution in [0.2, 0.25) is 5.02 Å². The average Bonchev–Trinajstić information content (AvgIpc) is 2.51. The molecule has 0 radical (unpaired) electrons. The number of piperidine rings is 1. The smallest absolute Gasteiger partial charge is 0.140 e. The minimum Gasteiger partial charge on any atom is -0.506 e. The van der Waals surface area contributed by atoms with Gasteiger partial charge in [0.1, 0.15) is 5.75 Å². The number of hydrogen-bond acceptors (Lipinski definition) is 3. The van der Waals surface area contributed by atoms with Crippen molar-refractivity contribution in [1.29, 1.82) is 0 Å². The number of nitrogens with zero attached hydrogens (tertiary/aromatic N) is 2. The second kappa shape index (κ2) is 10.7. The lowest BCUT2D eigenvalue weighted by Gasteiger charge is -2.36. The second-order valence-corrected chi connectivity index (χ2v) is 5.21. The standard InChI is InChI=1S/C13H19ClN2O.2C2H6/c1-15-7-5-11(6-8-15)16(2)12-4-3-10(14)9-13(12)17;2*1-2/h3-4,9,11,17H,5-8H2,1-2H3;2*1-2H3. The number of benzene rings is 1. The molecule has 0 unspecified atom stereocenters. The van der Waals surface area contributed by atoms with Gasteiger partial charge in [-0.2, -0.15) is 0 Å². The second-order valence-electron chi connectivity index (χ2n) is 4.78. The SMILES string of the molecule is CC.CC.CN1CCC(N(C)c2ccc(Cl)cc2O)CC1. The first-order valence-electron chi connectivity index (χ1n) is 7.98. The Morgan fingerprint density at radius 1 is 1.14 bits per heavy atom. The van der Waals surface area contributed by atoms with Gasteiger partial charge in [-0.05, 0) is 45.1 Å². The number of hydrogen-bond donors (Lipinski definition) is 1. The molecular weight excluding hydrogens is 284 g/mol. The molecule has 1 N–H and O–H groups in total. The van der Waals surface area contributed by atoms with Crippen LogP contribution in [0.25, 0.3) is 0 Å². The van der Waals surface area contributed by atoms with Crippen molar-refractivity contribution in [2.24, 2.45) is 0 Å². The molecule has 1 aromatic carbocycles. The maximum absolute atomic E-state index is 9.91. The summed E-state index contributed by atoms with van der Waals surface area (Å²) in [6.45, 7) is 10.2. The molecule has 0 bridgehead atoms. The minimum absolute atomic E-state index is 0.263. The van der Waals surface area contributed by atoms with E-state index in [1.807, 2.05) is 46.9 Å². The third-order valence-corrected chi connectivity index (χ3v) is 3.79. The van der Waals surface area contributed by atoms with E-state index in [0.29, 0.717) is 11.1 Å². The topological polar surface area (TPSA) is 26.7 Å². The van der Waals surface area contributed by atoms with Gasteiger partial charge in [0.05, 0.1) is 5.69 Å². The van der Waals surface area contributed by atoms with Gasteiger partial charge in [-0.1, -0.05) is 39.3 Å². The summed E-state index contributed by atoms with van der Waals surface area (Å²) in [5.74, 6) is 0.263. The van der Waals surface area contributed by atoms with Gasteiger partial charge in [-0.3, -0.25) is 0 Å². The van der Waals surface area contributed by atoms with Crippen molar-refractivity contribution < 1.29 is 5.11 Å². The molecule has 1 aliphatic heterocycles. The molecule has 122 valence electrons. The van der Waals surface area contributed by atoms with Crippen LogP contribution in [0, 0.1) is 0 Å². The molecule has 0 aliphatic carbocycles. The maximum Gasteiger partial charge on any atom is 0.140 e. The quantitative estimate of drug-likeness (QED) is 0.862. The molecule has 0 spiro atoms. The Balaban J connectivity index is 0.000000921. The number of halogens is 1. The molecule has 1 aliphatic rings. The number of rotatable bonds is 2. The Morgan fingerprint density at radius 3 is 2.14 bits per heavy atom. The highest BCUT2D eigenvalue weighted by molar-refractivity contribution is 6.30. The van der Waals surface area contributed by atoms with Crippen molar-refractivity contribution >= 4 is 17.3 Å². The van der Waals surface area contributed by atoms with Crippen LogP contribution in [0.15, 0.2) is 18.2 Å². The van der Waals surface area contributed by atoms with Crippen LogP contribution < -0.4 is 4.90 Å². The van der Waals surface area contributed by atoms with Gasteiger partial charge in [-0.25, -0.2) is 0 Å². The van der Waals surface area contributed by atoms with Crippen LogP contribution in [0.1, 0.15) is 40.5 Å². The summed E-state index contributed by atoms with van der Waals surface area (Å²) < 4.78 is 0. The Hall–Kier alpha value is -0.930. The monoisotopic (exact) mass is 314 g/mol. The number of likely N-dealkylation sites (tertiary alicyclic amines) is 1. The Kier molecular flexibility index (Phi) is 10.3. The largest absolute Gasteiger partial charge is 0.506 e. The van der Waals surface area contributed by atoms with Gasteiger partial charge in [0.15, 0.2) is 0 Å². The van der Waals surface area contributed by atoms with Crippen molar-refractivity contribution in [3.05, 3.63) is 23.2 Å². The van der Waals surface area contributed by atoms with Crippen LogP contribution in [-0.2, 0) is 0 Å². The molecule has 3 nitrogen and oxygen atoms in total. The van der Waals surface area contributed by atoms with E-state index in [0.717, 1.165) is 31.6 Å². The molecule has 0 atom stereocenters. The fraction of sp³-hybridized carbons (Fsp3) is 0.647. The molecule has 1 fully saturated rings. The molecule has 2 rings (SSSR count). The molecule has 0 aromatic heterocycles. The third-order valence-electron chi connectivity index (χ3n) is 3.55. The van der Waals surface area contributed by atoms with E-state index in [9.17, 15) is 5.11 Å². The fourth-order valence-electron chi connectivity index (χ4n) is 2.37. The lowest BCUT2D eigenvalue weighted by molar-refractivity contribution is 0.252. The number of anilines is 1. The first kappa shape index (κ1) is 20.1. The van der Waals surface area contributed by atoms with Gasteiger partial charge in [0, 0.05) is 24.2 Å². The van der Waals surface area contributed by atoms with Gasteiger partial charge in [0.25, 0.3) is 0 Å². The Morgan fingerprint density at radius 2 is 1.67 bits per heavy atom. The predicted molar refractivity (Wildman–Crippen MR) is 94.7 cm³/mol. The maximum atomic E-state index is 9.91. The number of aromatic hydroxyl groups is 1. The van der Waals surface area contributed by atoms with Crippen LogP contribution in [0.3, 0.4) is 0 Å². The highest BCUT2D eigenvalue weighted by Gasteiger charge is 2.22. The van der Waals surface area contributed by atoms with Crippen molar-refractivity contribution in [3.63, 3.8) is 0 Å². The van der Waals surface area contributed by atoms with E-state index in [2.05, 4.69) is 16.8 Å². The average molecular weight is 315 g/mol. The van der Waals surface area contributed by atoms with E-state index in [4.69, 9.17) is 11.6 Å². The summed E-state index contributed by atoms with van der Waals surface area (Å²) in [4.78, 5) is 4.50. The summed E-state index contributed by atoms with van der Waals surface area (Å²) in [6.07, 6.45) is 2.27. The number of phenols is 1. The van der Waals surface area contributed by atoms with Crippen LogP contribution in [0.4, 0.5) is 5.69 Å². The van der Waals surface area contributed by atoms with Crippen LogP contribution in [0.5, 0.6) is 5.75 Å². The Bertz CT molecular complexity index is 390. The van der Waals surface area contributed by atoms with Crippen LogP contribution >= 0.6 is 11.6 Å². The van der Waals surface area contributed by atoms with E-state index in [-0.39, 0.29) is 5.75 Å². The first-order chi connectivity index (χ1) is 10.1. The molecular formula is C17H31ClN2O. The lowest BCUT2D eigenvalue weighted by atomic mass is 10.0. The van der Waals surface area contributed by atoms with Crippen molar-refractivity contribution in [2.45, 2.75) is 46.6 Å². The lowest BCUT2D eigenvalue weighted by Crippen LogP contribution is -2.41. The summed E-state index contributed by atoms with van der Waals surface area (Å²) >= 11 is 5.84. The zero-order chi connectivity index (χ0) is 16.4. The Labute approximate surface area is 135 Å². The molecule has 1 aromatic rings. The molecule has 21 heavy (non-hydrogen) atoms. The fourth-order valence-corrected chi connectivity index (χ4v) is 2.54. The predicted octanol–water partition coefficient (Wildman–Crippen LogP) is 4.63. The molecule has 1 heterocycles.